The predicted octanol–water partition coefficient (Wildman–Crippen LogP) is 1.50. The van der Waals surface area contributed by atoms with E-state index in [9.17, 15) is 4.79 Å². The maximum Gasteiger partial charge on any atom is 0.252 e. The number of amides is 1. The number of nitrogens with one attached hydrogen (secondary N) is 2. The number of pyridine rings is 1. The highest BCUT2D eigenvalue weighted by molar-refractivity contribution is 5.97. The molecule has 2 aromatic rings. The lowest BCUT2D eigenvalue weighted by molar-refractivity contribution is -0.0679. The van der Waals surface area contributed by atoms with Gasteiger partial charge >= 0.3 is 0 Å². The van der Waals surface area contributed by atoms with E-state index in [2.05, 4.69) is 39.2 Å². The van der Waals surface area contributed by atoms with Gasteiger partial charge in [-0.3, -0.25) is 14.8 Å². The van der Waals surface area contributed by atoms with Crippen molar-refractivity contribution in [2.75, 3.05) is 26.2 Å². The molecular weight excluding hydrogens is 306 g/mol. The summed E-state index contributed by atoms with van der Waals surface area (Å²) in [5.41, 5.74) is 2.13. The van der Waals surface area contributed by atoms with Crippen molar-refractivity contribution in [3.05, 3.63) is 23.5 Å². The summed E-state index contributed by atoms with van der Waals surface area (Å²) in [6, 6.07) is 1.84. The first-order valence-electron chi connectivity index (χ1n) is 8.49. The Kier molecular flexibility index (Phi) is 5.11. The molecule has 1 saturated heterocycles. The molecule has 1 amide bonds. The smallest absolute Gasteiger partial charge is 0.252 e. The number of carbonyl (C=O) groups is 1. The number of aryl methyl sites for hydroxylation is 1. The fraction of sp³-hybridized carbons (Fsp3) is 0.588. The molecule has 1 aliphatic heterocycles. The van der Waals surface area contributed by atoms with E-state index in [1.54, 1.807) is 6.20 Å². The van der Waals surface area contributed by atoms with Crippen molar-refractivity contribution in [1.82, 2.24) is 25.4 Å². The molecule has 3 rings (SSSR count). The van der Waals surface area contributed by atoms with Gasteiger partial charge in [0.1, 0.15) is 0 Å². The Morgan fingerprint density at radius 3 is 2.92 bits per heavy atom. The van der Waals surface area contributed by atoms with E-state index in [0.29, 0.717) is 17.8 Å². The average Bonchev–Trinajstić information content (AvgIpc) is 2.91. The predicted molar refractivity (Wildman–Crippen MR) is 92.0 cm³/mol. The molecule has 1 aliphatic rings. The molecule has 2 atom stereocenters. The van der Waals surface area contributed by atoms with E-state index >= 15 is 0 Å². The largest absolute Gasteiger partial charge is 0.373 e. The molecule has 0 spiro atoms. The van der Waals surface area contributed by atoms with Gasteiger partial charge in [0, 0.05) is 43.5 Å². The lowest BCUT2D eigenvalue weighted by atomic mass is 10.2. The van der Waals surface area contributed by atoms with Crippen LogP contribution in [0.2, 0.25) is 0 Å². The topological polar surface area (TPSA) is 83.1 Å². The molecular formula is C17H25N5O2. The normalized spacial score (nSPS) is 22.0. The zero-order valence-electron chi connectivity index (χ0n) is 14.5. The standard InChI is InChI=1S/C17H25N5O2/c1-11-9-22(10-12(2)24-11)6-4-5-18-17(23)14-7-15-13(3)20-21-16(15)19-8-14/h7-8,11-12H,4-6,9-10H2,1-3H3,(H,18,23)(H,19,20,21)/t11-,12+. The van der Waals surface area contributed by atoms with E-state index in [4.69, 9.17) is 4.74 Å². The molecule has 0 aliphatic carbocycles. The van der Waals surface area contributed by atoms with Crippen molar-refractivity contribution in [2.45, 2.75) is 39.4 Å². The number of H-pyrrole nitrogens is 1. The van der Waals surface area contributed by atoms with Gasteiger partial charge in [-0.1, -0.05) is 0 Å². The van der Waals surface area contributed by atoms with Crippen molar-refractivity contribution >= 4 is 16.9 Å². The monoisotopic (exact) mass is 331 g/mol. The lowest BCUT2D eigenvalue weighted by Crippen LogP contribution is -2.46. The molecule has 0 saturated carbocycles. The summed E-state index contributed by atoms with van der Waals surface area (Å²) in [6.07, 6.45) is 3.05. The minimum atomic E-state index is -0.0892. The molecule has 0 unspecified atom stereocenters. The van der Waals surface area contributed by atoms with Crippen LogP contribution in [0.3, 0.4) is 0 Å². The van der Waals surface area contributed by atoms with Crippen LogP contribution in [0.5, 0.6) is 0 Å². The Labute approximate surface area is 141 Å². The van der Waals surface area contributed by atoms with Gasteiger partial charge in [-0.15, -0.1) is 0 Å². The molecule has 0 aromatic carbocycles. The summed E-state index contributed by atoms with van der Waals surface area (Å²) in [4.78, 5) is 18.9. The Morgan fingerprint density at radius 2 is 2.17 bits per heavy atom. The summed E-state index contributed by atoms with van der Waals surface area (Å²) >= 11 is 0. The second-order valence-corrected chi connectivity index (χ2v) is 6.57. The maximum absolute atomic E-state index is 12.3. The highest BCUT2D eigenvalue weighted by atomic mass is 16.5. The van der Waals surface area contributed by atoms with E-state index < -0.39 is 0 Å². The van der Waals surface area contributed by atoms with Crippen LogP contribution in [-0.4, -0.2) is 64.4 Å². The minimum Gasteiger partial charge on any atom is -0.373 e. The van der Waals surface area contributed by atoms with Crippen LogP contribution in [0.4, 0.5) is 0 Å². The molecule has 3 heterocycles. The third-order valence-electron chi connectivity index (χ3n) is 4.29. The number of carbonyl (C=O) groups excluding carboxylic acids is 1. The van der Waals surface area contributed by atoms with Crippen LogP contribution >= 0.6 is 0 Å². The molecule has 7 nitrogen and oxygen atoms in total. The van der Waals surface area contributed by atoms with Gasteiger partial charge in [0.05, 0.1) is 17.8 Å². The molecule has 130 valence electrons. The van der Waals surface area contributed by atoms with Crippen LogP contribution in [0.25, 0.3) is 11.0 Å². The van der Waals surface area contributed by atoms with E-state index in [-0.39, 0.29) is 18.1 Å². The first-order valence-corrected chi connectivity index (χ1v) is 8.49. The Morgan fingerprint density at radius 1 is 1.42 bits per heavy atom. The molecule has 2 N–H and O–H groups in total. The molecule has 24 heavy (non-hydrogen) atoms. The van der Waals surface area contributed by atoms with Gasteiger partial charge in [0.25, 0.3) is 5.91 Å². The van der Waals surface area contributed by atoms with E-state index in [0.717, 1.165) is 37.1 Å². The second-order valence-electron chi connectivity index (χ2n) is 6.57. The number of fused-ring (bicyclic) bond motifs is 1. The number of ether oxygens (including phenoxy) is 1. The van der Waals surface area contributed by atoms with Gasteiger partial charge in [0.15, 0.2) is 5.65 Å². The zero-order valence-corrected chi connectivity index (χ0v) is 14.5. The number of rotatable bonds is 5. The minimum absolute atomic E-state index is 0.0892. The third kappa shape index (κ3) is 3.91. The van der Waals surface area contributed by atoms with Gasteiger partial charge in [-0.25, -0.2) is 4.98 Å². The van der Waals surface area contributed by atoms with E-state index in [1.807, 2.05) is 13.0 Å². The van der Waals surface area contributed by atoms with Gasteiger partial charge in [-0.2, -0.15) is 5.10 Å². The van der Waals surface area contributed by atoms with Crippen LogP contribution in [0, 0.1) is 6.92 Å². The molecule has 2 aromatic heterocycles. The molecule has 0 bridgehead atoms. The Bertz CT molecular complexity index is 704. The van der Waals surface area contributed by atoms with Gasteiger partial charge in [0.2, 0.25) is 0 Å². The summed E-state index contributed by atoms with van der Waals surface area (Å²) in [7, 11) is 0. The SMILES string of the molecule is Cc1[nH]nc2ncc(C(=O)NCCCN3C[C@@H](C)O[C@@H](C)C3)cc12. The number of aromatic nitrogens is 3. The maximum atomic E-state index is 12.3. The third-order valence-corrected chi connectivity index (χ3v) is 4.29. The summed E-state index contributed by atoms with van der Waals surface area (Å²) in [5.74, 6) is -0.0892. The quantitative estimate of drug-likeness (QED) is 0.811. The van der Waals surface area contributed by atoms with Crippen molar-refractivity contribution in [3.63, 3.8) is 0 Å². The second kappa shape index (κ2) is 7.27. The van der Waals surface area contributed by atoms with Gasteiger partial charge in [-0.05, 0) is 33.3 Å². The van der Waals surface area contributed by atoms with Gasteiger partial charge < -0.3 is 10.1 Å². The van der Waals surface area contributed by atoms with Crippen LogP contribution < -0.4 is 5.32 Å². The first-order chi connectivity index (χ1) is 11.5. The Balaban J connectivity index is 1.47. The summed E-state index contributed by atoms with van der Waals surface area (Å²) in [5, 5.41) is 10.8. The number of hydrogen-bond donors (Lipinski definition) is 2. The van der Waals surface area contributed by atoms with E-state index in [1.165, 1.54) is 0 Å². The summed E-state index contributed by atoms with van der Waals surface area (Å²) in [6.45, 7) is 9.66. The number of nitrogens with zero attached hydrogens (tertiary/aromatic N) is 3. The van der Waals surface area contributed by atoms with Crippen molar-refractivity contribution < 1.29 is 9.53 Å². The van der Waals surface area contributed by atoms with Crippen LogP contribution in [0.15, 0.2) is 12.3 Å². The highest BCUT2D eigenvalue weighted by Crippen LogP contribution is 2.14. The van der Waals surface area contributed by atoms with Crippen LogP contribution in [-0.2, 0) is 4.74 Å². The first kappa shape index (κ1) is 16.9. The number of morpholine rings is 1. The molecule has 7 heteroatoms. The fourth-order valence-corrected chi connectivity index (χ4v) is 3.22. The molecule has 1 fully saturated rings. The summed E-state index contributed by atoms with van der Waals surface area (Å²) < 4.78 is 5.73. The molecule has 0 radical (unpaired) electrons. The highest BCUT2D eigenvalue weighted by Gasteiger charge is 2.21. The average molecular weight is 331 g/mol. The Hall–Kier alpha value is -1.99. The van der Waals surface area contributed by atoms with Crippen LogP contribution in [0.1, 0.15) is 36.3 Å². The fourth-order valence-electron chi connectivity index (χ4n) is 3.22. The van der Waals surface area contributed by atoms with Crippen molar-refractivity contribution in [1.29, 1.82) is 0 Å². The zero-order chi connectivity index (χ0) is 17.1. The lowest BCUT2D eigenvalue weighted by Gasteiger charge is -2.35. The van der Waals surface area contributed by atoms with Crippen molar-refractivity contribution in [2.24, 2.45) is 0 Å². The number of hydrogen-bond acceptors (Lipinski definition) is 5. The number of aromatic amines is 1. The van der Waals surface area contributed by atoms with Crippen molar-refractivity contribution in [3.8, 4) is 0 Å².